The molecule has 6 rings (SSSR count). The minimum absolute atomic E-state index is 0.0611. The summed E-state index contributed by atoms with van der Waals surface area (Å²) in [6.07, 6.45) is 4.44. The van der Waals surface area contributed by atoms with E-state index in [2.05, 4.69) is 57.8 Å². The Morgan fingerprint density at radius 2 is 1.86 bits per heavy atom. The van der Waals surface area contributed by atoms with Gasteiger partial charge in [0.05, 0.1) is 29.3 Å². The first-order valence-electron chi connectivity index (χ1n) is 15.7. The zero-order chi connectivity index (χ0) is 31.0. The van der Waals surface area contributed by atoms with Crippen molar-refractivity contribution in [2.75, 3.05) is 62.2 Å². The van der Waals surface area contributed by atoms with E-state index in [1.165, 1.54) is 5.56 Å². The molecule has 2 aromatic heterocycles. The molecular weight excluding hydrogens is 554 g/mol. The number of ether oxygens (including phenoxy) is 2. The van der Waals surface area contributed by atoms with Crippen LogP contribution in [0.25, 0.3) is 10.9 Å². The molecule has 0 N–H and O–H groups in total. The summed E-state index contributed by atoms with van der Waals surface area (Å²) in [6, 6.07) is 12.3. The molecule has 0 saturated carbocycles. The maximum atomic E-state index is 12.9. The van der Waals surface area contributed by atoms with Crippen molar-refractivity contribution in [1.29, 1.82) is 5.26 Å². The molecule has 10 nitrogen and oxygen atoms in total. The Morgan fingerprint density at radius 1 is 1.07 bits per heavy atom. The molecule has 2 fully saturated rings. The highest BCUT2D eigenvalue weighted by Gasteiger charge is 2.33. The maximum Gasteiger partial charge on any atom is 0.410 e. The number of rotatable bonds is 4. The second-order valence-electron chi connectivity index (χ2n) is 13.2. The van der Waals surface area contributed by atoms with E-state index in [-0.39, 0.29) is 24.3 Å². The minimum Gasteiger partial charge on any atom is -0.444 e. The van der Waals surface area contributed by atoms with Crippen molar-refractivity contribution in [3.05, 3.63) is 59.4 Å². The first-order valence-corrected chi connectivity index (χ1v) is 15.7. The SMILES string of the molecule is CC1c2cc(N3CCN(C[C@H]4CN(c5ccc(C#N)c6ncccc56)C[C@@H](C)O4)CC3)ncc2CCN1C(=O)OC(C)(C)C. The molecule has 3 aliphatic heterocycles. The second kappa shape index (κ2) is 12.2. The van der Waals surface area contributed by atoms with Crippen LogP contribution in [-0.4, -0.2) is 96.0 Å². The zero-order valence-electron chi connectivity index (χ0n) is 26.5. The van der Waals surface area contributed by atoms with Crippen LogP contribution >= 0.6 is 0 Å². The number of morpholine rings is 1. The number of carbonyl (C=O) groups is 1. The van der Waals surface area contributed by atoms with Crippen LogP contribution in [0.5, 0.6) is 0 Å². The maximum absolute atomic E-state index is 12.9. The van der Waals surface area contributed by atoms with Gasteiger partial charge in [0.2, 0.25) is 0 Å². The van der Waals surface area contributed by atoms with E-state index in [0.29, 0.717) is 12.1 Å². The smallest absolute Gasteiger partial charge is 0.410 e. The molecule has 3 aromatic rings. The van der Waals surface area contributed by atoms with Crippen molar-refractivity contribution in [3.63, 3.8) is 0 Å². The Hall–Kier alpha value is -3.94. The number of hydrogen-bond donors (Lipinski definition) is 0. The van der Waals surface area contributed by atoms with Crippen molar-refractivity contribution in [2.45, 2.75) is 64.9 Å². The summed E-state index contributed by atoms with van der Waals surface area (Å²) in [5, 5.41) is 10.6. The van der Waals surface area contributed by atoms with Gasteiger partial charge in [0, 0.05) is 75.8 Å². The van der Waals surface area contributed by atoms with Crippen LogP contribution in [0, 0.1) is 11.3 Å². The average Bonchev–Trinajstić information content (AvgIpc) is 3.00. The number of carbonyl (C=O) groups excluding carboxylic acids is 1. The van der Waals surface area contributed by atoms with E-state index in [0.717, 1.165) is 80.2 Å². The molecule has 1 amide bonds. The molecule has 10 heteroatoms. The van der Waals surface area contributed by atoms with Gasteiger partial charge in [-0.1, -0.05) is 0 Å². The number of hydrogen-bond acceptors (Lipinski definition) is 9. The van der Waals surface area contributed by atoms with Gasteiger partial charge in [-0.3, -0.25) is 9.88 Å². The lowest BCUT2D eigenvalue weighted by molar-refractivity contribution is -0.0327. The third-order valence-corrected chi connectivity index (χ3v) is 8.87. The average molecular weight is 598 g/mol. The number of amides is 1. The number of benzene rings is 1. The fourth-order valence-corrected chi connectivity index (χ4v) is 6.74. The third-order valence-electron chi connectivity index (χ3n) is 8.87. The topological polar surface area (TPSA) is 98.1 Å². The van der Waals surface area contributed by atoms with E-state index in [4.69, 9.17) is 14.5 Å². The Bertz CT molecular complexity index is 1560. The fourth-order valence-electron chi connectivity index (χ4n) is 6.74. The van der Waals surface area contributed by atoms with E-state index in [9.17, 15) is 10.1 Å². The van der Waals surface area contributed by atoms with Gasteiger partial charge < -0.3 is 24.2 Å². The van der Waals surface area contributed by atoms with Crippen molar-refractivity contribution in [3.8, 4) is 6.07 Å². The minimum atomic E-state index is -0.519. The molecule has 3 atom stereocenters. The van der Waals surface area contributed by atoms with Crippen LogP contribution in [0.2, 0.25) is 0 Å². The Labute approximate surface area is 260 Å². The number of nitrogens with zero attached hydrogens (tertiary/aromatic N) is 7. The molecule has 5 heterocycles. The van der Waals surface area contributed by atoms with Crippen molar-refractivity contribution in [1.82, 2.24) is 19.8 Å². The second-order valence-corrected chi connectivity index (χ2v) is 13.2. The van der Waals surface area contributed by atoms with Crippen molar-refractivity contribution in [2.24, 2.45) is 0 Å². The predicted octanol–water partition coefficient (Wildman–Crippen LogP) is 4.77. The van der Waals surface area contributed by atoms with Crippen LogP contribution in [0.3, 0.4) is 0 Å². The summed E-state index contributed by atoms with van der Waals surface area (Å²) in [5.74, 6) is 0.969. The molecule has 0 radical (unpaired) electrons. The number of anilines is 2. The van der Waals surface area contributed by atoms with Crippen LogP contribution < -0.4 is 9.80 Å². The lowest BCUT2D eigenvalue weighted by Gasteiger charge is -2.42. The normalized spacial score (nSPS) is 22.9. The summed E-state index contributed by atoms with van der Waals surface area (Å²) in [4.78, 5) is 31.3. The van der Waals surface area contributed by atoms with Gasteiger partial charge in [-0.2, -0.15) is 5.26 Å². The summed E-state index contributed by atoms with van der Waals surface area (Å²) in [7, 11) is 0. The summed E-state index contributed by atoms with van der Waals surface area (Å²) in [5.41, 5.74) is 4.30. The Kier molecular flexibility index (Phi) is 8.36. The van der Waals surface area contributed by atoms with Gasteiger partial charge in [-0.05, 0) is 82.5 Å². The number of pyridine rings is 2. The Morgan fingerprint density at radius 3 is 2.61 bits per heavy atom. The predicted molar refractivity (Wildman–Crippen MR) is 171 cm³/mol. The summed E-state index contributed by atoms with van der Waals surface area (Å²) in [6.45, 7) is 16.6. The Balaban J connectivity index is 1.08. The van der Waals surface area contributed by atoms with E-state index in [1.54, 1.807) is 6.20 Å². The molecule has 0 aliphatic carbocycles. The number of fused-ring (bicyclic) bond motifs is 2. The molecule has 3 aliphatic rings. The molecule has 232 valence electrons. The summed E-state index contributed by atoms with van der Waals surface area (Å²) >= 11 is 0. The number of piperazine rings is 1. The molecule has 1 aromatic carbocycles. The van der Waals surface area contributed by atoms with Gasteiger partial charge in [0.1, 0.15) is 17.5 Å². The lowest BCUT2D eigenvalue weighted by atomic mass is 9.95. The highest BCUT2D eigenvalue weighted by Crippen LogP contribution is 2.33. The van der Waals surface area contributed by atoms with E-state index >= 15 is 0 Å². The fraction of sp³-hybridized carbons (Fsp3) is 0.529. The molecule has 0 spiro atoms. The lowest BCUT2D eigenvalue weighted by Crippen LogP contribution is -2.54. The van der Waals surface area contributed by atoms with E-state index in [1.807, 2.05) is 44.0 Å². The van der Waals surface area contributed by atoms with Crippen molar-refractivity contribution < 1.29 is 14.3 Å². The van der Waals surface area contributed by atoms with Crippen LogP contribution in [-0.2, 0) is 15.9 Å². The third kappa shape index (κ3) is 6.30. The van der Waals surface area contributed by atoms with Crippen LogP contribution in [0.1, 0.15) is 57.4 Å². The van der Waals surface area contributed by atoms with Gasteiger partial charge >= 0.3 is 6.09 Å². The summed E-state index contributed by atoms with van der Waals surface area (Å²) < 4.78 is 12.1. The van der Waals surface area contributed by atoms with E-state index < -0.39 is 5.60 Å². The highest BCUT2D eigenvalue weighted by molar-refractivity contribution is 5.95. The first-order chi connectivity index (χ1) is 21.1. The molecule has 0 bridgehead atoms. The highest BCUT2D eigenvalue weighted by atomic mass is 16.6. The van der Waals surface area contributed by atoms with Crippen molar-refractivity contribution >= 4 is 28.5 Å². The van der Waals surface area contributed by atoms with Gasteiger partial charge in [-0.25, -0.2) is 9.78 Å². The molecule has 2 saturated heterocycles. The number of aromatic nitrogens is 2. The molecular formula is C34H43N7O3. The van der Waals surface area contributed by atoms with Crippen LogP contribution in [0.15, 0.2) is 42.7 Å². The largest absolute Gasteiger partial charge is 0.444 e. The molecule has 1 unspecified atom stereocenters. The quantitative estimate of drug-likeness (QED) is 0.421. The van der Waals surface area contributed by atoms with Crippen LogP contribution in [0.4, 0.5) is 16.3 Å². The molecule has 44 heavy (non-hydrogen) atoms. The van der Waals surface area contributed by atoms with Gasteiger partial charge in [0.25, 0.3) is 0 Å². The first kappa shape index (κ1) is 30.1. The van der Waals surface area contributed by atoms with Gasteiger partial charge in [-0.15, -0.1) is 0 Å². The van der Waals surface area contributed by atoms with Gasteiger partial charge in [0.15, 0.2) is 0 Å². The monoisotopic (exact) mass is 597 g/mol. The number of nitriles is 1. The standard InChI is InChI=1S/C34H43N7O3/c1-23-20-40(30-9-8-25(18-35)32-28(30)7-6-11-36-32)22-27(43-23)21-38-13-15-39(16-14-38)31-17-29-24(2)41(12-10-26(29)19-37-31)33(42)44-34(3,4)5/h6-9,11,17,19,23-24,27H,10,12-16,20-22H2,1-5H3/t23-,24?,27+/m1/s1. The zero-order valence-corrected chi connectivity index (χ0v) is 26.5.